The van der Waals surface area contributed by atoms with E-state index in [4.69, 9.17) is 19.9 Å². The first-order valence-electron chi connectivity index (χ1n) is 9.05. The van der Waals surface area contributed by atoms with Gasteiger partial charge in [0.05, 0.1) is 32.9 Å². The number of nitrogens with zero attached hydrogens (tertiary/aromatic N) is 4. The van der Waals surface area contributed by atoms with E-state index in [0.717, 1.165) is 22.0 Å². The van der Waals surface area contributed by atoms with Gasteiger partial charge in [-0.05, 0) is 46.7 Å². The Morgan fingerprint density at radius 3 is 2.72 bits per heavy atom. The Bertz CT molecular complexity index is 1040. The zero-order valence-corrected chi connectivity index (χ0v) is 18.6. The maximum Gasteiger partial charge on any atom is 0.338 e. The van der Waals surface area contributed by atoms with Crippen LogP contribution in [0.1, 0.15) is 35.7 Å². The first kappa shape index (κ1) is 21.1. The molecule has 0 radical (unpaired) electrons. The van der Waals surface area contributed by atoms with Crippen molar-refractivity contribution in [2.45, 2.75) is 26.3 Å². The molecule has 0 atom stereocenters. The van der Waals surface area contributed by atoms with Gasteiger partial charge in [-0.3, -0.25) is 4.57 Å². The van der Waals surface area contributed by atoms with Crippen LogP contribution < -0.4 is 15.2 Å². The quantitative estimate of drug-likeness (QED) is 0.279. The average molecular weight is 511 g/mol. The molecule has 0 bridgehead atoms. The van der Waals surface area contributed by atoms with E-state index in [0.29, 0.717) is 35.9 Å². The minimum Gasteiger partial charge on any atom is -0.468 e. The normalized spacial score (nSPS) is 10.9. The number of aromatic nitrogens is 4. The molecule has 0 aliphatic heterocycles. The average Bonchev–Trinajstić information content (AvgIpc) is 3.07. The number of ether oxygens (including phenoxy) is 3. The molecule has 9 nitrogen and oxygen atoms in total. The minimum atomic E-state index is -0.392. The Labute approximate surface area is 181 Å². The Balaban J connectivity index is 2.03. The van der Waals surface area contributed by atoms with E-state index in [1.54, 1.807) is 10.6 Å². The number of nitrogen functional groups attached to an aromatic ring is 1. The number of methoxy groups -OCH3 is 2. The summed E-state index contributed by atoms with van der Waals surface area (Å²) in [6, 6.07) is 6.09. The number of anilines is 1. The summed E-state index contributed by atoms with van der Waals surface area (Å²) in [7, 11) is 2.88. The number of imidazole rings is 1. The van der Waals surface area contributed by atoms with Crippen LogP contribution in [0.25, 0.3) is 11.2 Å². The van der Waals surface area contributed by atoms with Crippen LogP contribution in [0, 0.1) is 3.57 Å². The summed E-state index contributed by atoms with van der Waals surface area (Å²) in [5.74, 6) is -0.173. The van der Waals surface area contributed by atoms with Crippen molar-refractivity contribution in [3.8, 4) is 12.0 Å². The summed E-state index contributed by atoms with van der Waals surface area (Å²) >= 11 is 2.10. The van der Waals surface area contributed by atoms with Crippen molar-refractivity contribution in [2.75, 3.05) is 26.6 Å². The van der Waals surface area contributed by atoms with Crippen molar-refractivity contribution in [1.82, 2.24) is 19.5 Å². The smallest absolute Gasteiger partial charge is 0.338 e. The molecule has 0 spiro atoms. The summed E-state index contributed by atoms with van der Waals surface area (Å²) in [4.78, 5) is 25.1. The number of carbonyl (C=O) groups excluding carboxylic acids is 1. The molecular weight excluding hydrogens is 489 g/mol. The number of rotatable bonds is 8. The molecule has 3 rings (SSSR count). The van der Waals surface area contributed by atoms with Gasteiger partial charge in [-0.25, -0.2) is 4.79 Å². The predicted octanol–water partition coefficient (Wildman–Crippen LogP) is 3.04. The highest BCUT2D eigenvalue weighted by atomic mass is 127. The lowest BCUT2D eigenvalue weighted by Crippen LogP contribution is -2.09. The van der Waals surface area contributed by atoms with Crippen LogP contribution in [-0.4, -0.2) is 46.3 Å². The van der Waals surface area contributed by atoms with Crippen LogP contribution in [0.15, 0.2) is 18.2 Å². The molecule has 0 saturated heterocycles. The molecule has 3 aromatic rings. The predicted molar refractivity (Wildman–Crippen MR) is 116 cm³/mol. The summed E-state index contributed by atoms with van der Waals surface area (Å²) in [6.45, 7) is 2.95. The second-order valence-electron chi connectivity index (χ2n) is 6.26. The van der Waals surface area contributed by atoms with E-state index in [9.17, 15) is 4.79 Å². The second kappa shape index (κ2) is 9.25. The number of benzene rings is 1. The van der Waals surface area contributed by atoms with Gasteiger partial charge in [0.15, 0.2) is 17.0 Å². The van der Waals surface area contributed by atoms with Gasteiger partial charge in [-0.15, -0.1) is 0 Å². The van der Waals surface area contributed by atoms with Gasteiger partial charge in [0, 0.05) is 3.57 Å². The van der Waals surface area contributed by atoms with Crippen LogP contribution >= 0.6 is 22.6 Å². The molecule has 0 unspecified atom stereocenters. The Hall–Kier alpha value is -2.63. The number of halogens is 1. The van der Waals surface area contributed by atoms with Crippen LogP contribution in [0.2, 0.25) is 0 Å². The van der Waals surface area contributed by atoms with Gasteiger partial charge in [0.2, 0.25) is 0 Å². The highest BCUT2D eigenvalue weighted by Crippen LogP contribution is 2.27. The topological polar surface area (TPSA) is 114 Å². The van der Waals surface area contributed by atoms with Gasteiger partial charge in [-0.2, -0.15) is 15.0 Å². The molecule has 154 valence electrons. The van der Waals surface area contributed by atoms with E-state index >= 15 is 0 Å². The summed E-state index contributed by atoms with van der Waals surface area (Å²) in [6.07, 6.45) is 1.89. The van der Waals surface area contributed by atoms with Crippen LogP contribution in [-0.2, 0) is 11.3 Å². The lowest BCUT2D eigenvalue weighted by Gasteiger charge is -2.10. The summed E-state index contributed by atoms with van der Waals surface area (Å²) in [5.41, 5.74) is 8.35. The van der Waals surface area contributed by atoms with E-state index in [-0.39, 0.29) is 11.8 Å². The van der Waals surface area contributed by atoms with Crippen molar-refractivity contribution >= 4 is 45.5 Å². The number of hydrogen-bond acceptors (Lipinski definition) is 8. The lowest BCUT2D eigenvalue weighted by molar-refractivity contribution is 0.0599. The van der Waals surface area contributed by atoms with E-state index < -0.39 is 5.97 Å². The molecule has 0 aliphatic carbocycles. The maximum absolute atomic E-state index is 12.0. The highest BCUT2D eigenvalue weighted by molar-refractivity contribution is 14.1. The van der Waals surface area contributed by atoms with Gasteiger partial charge in [0.25, 0.3) is 6.01 Å². The monoisotopic (exact) mass is 511 g/mol. The van der Waals surface area contributed by atoms with E-state index in [1.807, 2.05) is 12.1 Å². The zero-order valence-electron chi connectivity index (χ0n) is 16.4. The molecule has 0 fully saturated rings. The maximum atomic E-state index is 12.0. The van der Waals surface area contributed by atoms with Crippen molar-refractivity contribution in [3.63, 3.8) is 0 Å². The van der Waals surface area contributed by atoms with Crippen LogP contribution in [0.4, 0.5) is 5.82 Å². The minimum absolute atomic E-state index is 0.199. The molecule has 2 heterocycles. The second-order valence-corrected chi connectivity index (χ2v) is 7.42. The van der Waals surface area contributed by atoms with E-state index in [1.165, 1.54) is 14.2 Å². The number of hydrogen-bond donors (Lipinski definition) is 1. The number of fused-ring (bicyclic) bond motifs is 1. The highest BCUT2D eigenvalue weighted by Gasteiger charge is 2.19. The Morgan fingerprint density at radius 1 is 1.24 bits per heavy atom. The van der Waals surface area contributed by atoms with Crippen molar-refractivity contribution in [2.24, 2.45) is 0 Å². The first-order valence-corrected chi connectivity index (χ1v) is 10.1. The van der Waals surface area contributed by atoms with Crippen molar-refractivity contribution < 1.29 is 19.0 Å². The SMILES string of the molecule is CCCCOc1nc(N)c2nc(OC)n(Cc3ccc(I)c(C(=O)OC)c3)c2n1. The first-order chi connectivity index (χ1) is 14.0. The number of unbranched alkanes of at least 4 members (excludes halogenated alkanes) is 1. The fourth-order valence-electron chi connectivity index (χ4n) is 2.77. The largest absolute Gasteiger partial charge is 0.468 e. The van der Waals surface area contributed by atoms with E-state index in [2.05, 4.69) is 44.5 Å². The number of nitrogens with two attached hydrogens (primary N) is 1. The summed E-state index contributed by atoms with van der Waals surface area (Å²) < 4.78 is 18.5. The lowest BCUT2D eigenvalue weighted by atomic mass is 10.1. The molecule has 1 aromatic carbocycles. The molecule has 2 aromatic heterocycles. The number of carbonyl (C=O) groups is 1. The fourth-order valence-corrected chi connectivity index (χ4v) is 3.33. The van der Waals surface area contributed by atoms with Gasteiger partial charge >= 0.3 is 12.0 Å². The van der Waals surface area contributed by atoms with Crippen LogP contribution in [0.5, 0.6) is 12.0 Å². The third-order valence-electron chi connectivity index (χ3n) is 4.25. The molecule has 29 heavy (non-hydrogen) atoms. The fraction of sp³-hybridized carbons (Fsp3) is 0.368. The number of esters is 1. The van der Waals surface area contributed by atoms with Crippen molar-refractivity contribution in [1.29, 1.82) is 0 Å². The molecule has 0 amide bonds. The summed E-state index contributed by atoms with van der Waals surface area (Å²) in [5, 5.41) is 0. The molecule has 0 aliphatic rings. The molecular formula is C19H22IN5O4. The van der Waals surface area contributed by atoms with Gasteiger partial charge in [-0.1, -0.05) is 19.4 Å². The van der Waals surface area contributed by atoms with Gasteiger partial charge < -0.3 is 19.9 Å². The Morgan fingerprint density at radius 2 is 2.03 bits per heavy atom. The molecule has 10 heteroatoms. The zero-order chi connectivity index (χ0) is 21.0. The third kappa shape index (κ3) is 4.52. The third-order valence-corrected chi connectivity index (χ3v) is 5.20. The van der Waals surface area contributed by atoms with Crippen LogP contribution in [0.3, 0.4) is 0 Å². The van der Waals surface area contributed by atoms with Gasteiger partial charge in [0.1, 0.15) is 0 Å². The standard InChI is InChI=1S/C19H22IN5O4/c1-4-5-8-29-18-23-15(21)14-16(24-18)25(19(22-14)28-3)10-11-6-7-13(20)12(9-11)17(26)27-2/h6-7,9H,4-5,8,10H2,1-3H3,(H2,21,23,24). The molecule has 0 saturated carbocycles. The van der Waals surface area contributed by atoms with Crippen molar-refractivity contribution in [3.05, 3.63) is 32.9 Å². The molecule has 2 N–H and O–H groups in total. The Kier molecular flexibility index (Phi) is 6.72.